The Morgan fingerprint density at radius 2 is 2.10 bits per heavy atom. The van der Waals surface area contributed by atoms with Crippen LogP contribution in [0.3, 0.4) is 0 Å². The molecule has 1 amide bonds. The molecule has 0 spiro atoms. The lowest BCUT2D eigenvalue weighted by Crippen LogP contribution is -2.46. The zero-order valence-electron chi connectivity index (χ0n) is 11.6. The number of carbonyl (C=O) groups is 1. The first kappa shape index (κ1) is 13.2. The molecule has 0 bridgehead atoms. The zero-order valence-corrected chi connectivity index (χ0v) is 12.4. The molecule has 6 nitrogen and oxygen atoms in total. The quantitative estimate of drug-likeness (QED) is 0.711. The SMILES string of the molecule is CC1NNC2NC(=O)CSC(c3ccc4c(c3)OCO4)C12. The van der Waals surface area contributed by atoms with Crippen molar-refractivity contribution < 1.29 is 14.3 Å². The summed E-state index contributed by atoms with van der Waals surface area (Å²) < 4.78 is 10.8. The molecule has 1 aromatic carbocycles. The van der Waals surface area contributed by atoms with Crippen molar-refractivity contribution in [2.75, 3.05) is 12.5 Å². The maximum atomic E-state index is 11.9. The fourth-order valence-electron chi connectivity index (χ4n) is 3.17. The maximum Gasteiger partial charge on any atom is 0.231 e. The molecule has 21 heavy (non-hydrogen) atoms. The van der Waals surface area contributed by atoms with Crippen molar-refractivity contribution in [1.82, 2.24) is 16.2 Å². The monoisotopic (exact) mass is 307 g/mol. The lowest BCUT2D eigenvalue weighted by molar-refractivity contribution is -0.119. The second-order valence-corrected chi connectivity index (χ2v) is 6.67. The molecular formula is C14H17N3O3S. The summed E-state index contributed by atoms with van der Waals surface area (Å²) in [4.78, 5) is 11.9. The predicted octanol–water partition coefficient (Wildman–Crippen LogP) is 0.758. The summed E-state index contributed by atoms with van der Waals surface area (Å²) in [6.07, 6.45) is -0.0436. The van der Waals surface area contributed by atoms with Crippen LogP contribution in [0.5, 0.6) is 11.5 Å². The van der Waals surface area contributed by atoms with Crippen LogP contribution in [-0.4, -0.2) is 30.7 Å². The standard InChI is InChI=1S/C14H17N3O3S/c1-7-12-13(21-5-11(18)15-14(12)17-16-7)8-2-3-9-10(4-8)20-6-19-9/h2-4,7,12-14,16-17H,5-6H2,1H3,(H,15,18). The van der Waals surface area contributed by atoms with Crippen LogP contribution in [0.1, 0.15) is 17.7 Å². The van der Waals surface area contributed by atoms with E-state index < -0.39 is 0 Å². The number of rotatable bonds is 1. The minimum Gasteiger partial charge on any atom is -0.454 e. The average Bonchev–Trinajstić information content (AvgIpc) is 3.03. The topological polar surface area (TPSA) is 71.6 Å². The second-order valence-electron chi connectivity index (χ2n) is 5.54. The van der Waals surface area contributed by atoms with Crippen molar-refractivity contribution in [3.05, 3.63) is 23.8 Å². The average molecular weight is 307 g/mol. The largest absolute Gasteiger partial charge is 0.454 e. The molecule has 0 aliphatic carbocycles. The van der Waals surface area contributed by atoms with Crippen LogP contribution in [0.2, 0.25) is 0 Å². The molecule has 1 aromatic rings. The number of hydrogen-bond donors (Lipinski definition) is 3. The highest BCUT2D eigenvalue weighted by molar-refractivity contribution is 8.00. The fraction of sp³-hybridized carbons (Fsp3) is 0.500. The van der Waals surface area contributed by atoms with Gasteiger partial charge >= 0.3 is 0 Å². The van der Waals surface area contributed by atoms with Gasteiger partial charge in [0.1, 0.15) is 0 Å². The van der Waals surface area contributed by atoms with Crippen molar-refractivity contribution in [1.29, 1.82) is 0 Å². The molecular weight excluding hydrogens is 290 g/mol. The highest BCUT2D eigenvalue weighted by atomic mass is 32.2. The van der Waals surface area contributed by atoms with E-state index in [0.717, 1.165) is 11.5 Å². The molecule has 3 heterocycles. The van der Waals surface area contributed by atoms with E-state index in [1.54, 1.807) is 11.8 Å². The van der Waals surface area contributed by atoms with Gasteiger partial charge in [-0.3, -0.25) is 10.2 Å². The summed E-state index contributed by atoms with van der Waals surface area (Å²) in [6, 6.07) is 6.34. The molecule has 0 radical (unpaired) electrons. The van der Waals surface area contributed by atoms with E-state index in [1.807, 2.05) is 12.1 Å². The highest BCUT2D eigenvalue weighted by Crippen LogP contribution is 2.44. The molecule has 2 fully saturated rings. The van der Waals surface area contributed by atoms with Gasteiger partial charge in [0.15, 0.2) is 11.5 Å². The summed E-state index contributed by atoms with van der Waals surface area (Å²) in [6.45, 7) is 2.41. The van der Waals surface area contributed by atoms with Gasteiger partial charge in [-0.1, -0.05) is 6.07 Å². The molecule has 2 saturated heterocycles. The molecule has 0 saturated carbocycles. The van der Waals surface area contributed by atoms with E-state index in [0.29, 0.717) is 5.75 Å². The highest BCUT2D eigenvalue weighted by Gasteiger charge is 2.43. The number of fused-ring (bicyclic) bond motifs is 2. The Hall–Kier alpha value is -1.44. The van der Waals surface area contributed by atoms with E-state index in [2.05, 4.69) is 29.2 Å². The van der Waals surface area contributed by atoms with E-state index in [-0.39, 0.29) is 36.1 Å². The van der Waals surface area contributed by atoms with Gasteiger partial charge in [0.25, 0.3) is 0 Å². The summed E-state index contributed by atoms with van der Waals surface area (Å²) in [5.41, 5.74) is 7.58. The third kappa shape index (κ3) is 2.25. The number of benzene rings is 1. The van der Waals surface area contributed by atoms with Gasteiger partial charge in [0, 0.05) is 17.2 Å². The Kier molecular flexibility index (Phi) is 3.20. The molecule has 3 aliphatic rings. The lowest BCUT2D eigenvalue weighted by Gasteiger charge is -2.27. The van der Waals surface area contributed by atoms with E-state index >= 15 is 0 Å². The minimum absolute atomic E-state index is 0.0436. The fourth-order valence-corrected chi connectivity index (χ4v) is 4.54. The Balaban J connectivity index is 1.69. The van der Waals surface area contributed by atoms with Crippen LogP contribution in [0, 0.1) is 5.92 Å². The van der Waals surface area contributed by atoms with E-state index in [9.17, 15) is 4.79 Å². The first-order chi connectivity index (χ1) is 10.2. The van der Waals surface area contributed by atoms with Crippen molar-refractivity contribution in [2.24, 2.45) is 5.92 Å². The van der Waals surface area contributed by atoms with Gasteiger partial charge in [-0.05, 0) is 24.6 Å². The molecule has 3 N–H and O–H groups in total. The molecule has 3 aliphatic heterocycles. The minimum atomic E-state index is -0.0436. The van der Waals surface area contributed by atoms with Crippen LogP contribution in [0.25, 0.3) is 0 Å². The van der Waals surface area contributed by atoms with Crippen molar-refractivity contribution in [3.63, 3.8) is 0 Å². The number of nitrogens with one attached hydrogen (secondary N) is 3. The first-order valence-electron chi connectivity index (χ1n) is 7.04. The number of amides is 1. The number of thioether (sulfide) groups is 1. The number of hydrazine groups is 1. The Labute approximate surface area is 126 Å². The Bertz CT molecular complexity index is 583. The number of carbonyl (C=O) groups excluding carboxylic acids is 1. The van der Waals surface area contributed by atoms with E-state index in [1.165, 1.54) is 5.56 Å². The third-order valence-electron chi connectivity index (χ3n) is 4.21. The summed E-state index contributed by atoms with van der Waals surface area (Å²) >= 11 is 1.68. The van der Waals surface area contributed by atoms with Gasteiger partial charge in [0.05, 0.1) is 11.9 Å². The van der Waals surface area contributed by atoms with Crippen LogP contribution >= 0.6 is 11.8 Å². The predicted molar refractivity (Wildman–Crippen MR) is 78.9 cm³/mol. The molecule has 4 unspecified atom stereocenters. The van der Waals surface area contributed by atoms with Gasteiger partial charge < -0.3 is 14.8 Å². The summed E-state index contributed by atoms with van der Waals surface area (Å²) in [5, 5.41) is 3.26. The van der Waals surface area contributed by atoms with Crippen LogP contribution in [0.15, 0.2) is 18.2 Å². The Morgan fingerprint density at radius 3 is 3.00 bits per heavy atom. The van der Waals surface area contributed by atoms with E-state index in [4.69, 9.17) is 9.47 Å². The third-order valence-corrected chi connectivity index (χ3v) is 5.59. The summed E-state index contributed by atoms with van der Waals surface area (Å²) in [5.74, 6) is 2.41. The molecule has 112 valence electrons. The normalized spacial score (nSPS) is 34.2. The molecule has 4 rings (SSSR count). The van der Waals surface area contributed by atoms with Gasteiger partial charge in [-0.15, -0.1) is 11.8 Å². The van der Waals surface area contributed by atoms with Gasteiger partial charge in [0.2, 0.25) is 12.7 Å². The van der Waals surface area contributed by atoms with Crippen molar-refractivity contribution in [2.45, 2.75) is 24.4 Å². The molecule has 0 aromatic heterocycles. The second kappa shape index (κ2) is 5.08. The smallest absolute Gasteiger partial charge is 0.231 e. The van der Waals surface area contributed by atoms with Crippen LogP contribution in [0.4, 0.5) is 0 Å². The number of ether oxygens (including phenoxy) is 2. The van der Waals surface area contributed by atoms with Crippen LogP contribution in [-0.2, 0) is 4.79 Å². The Morgan fingerprint density at radius 1 is 1.24 bits per heavy atom. The van der Waals surface area contributed by atoms with Gasteiger partial charge in [-0.25, -0.2) is 5.43 Å². The number of hydrogen-bond acceptors (Lipinski definition) is 6. The van der Waals surface area contributed by atoms with Crippen molar-refractivity contribution >= 4 is 17.7 Å². The summed E-state index contributed by atoms with van der Waals surface area (Å²) in [7, 11) is 0. The molecule has 4 atom stereocenters. The van der Waals surface area contributed by atoms with Crippen molar-refractivity contribution in [3.8, 4) is 11.5 Å². The maximum absolute atomic E-state index is 11.9. The van der Waals surface area contributed by atoms with Crippen LogP contribution < -0.4 is 25.6 Å². The first-order valence-corrected chi connectivity index (χ1v) is 8.09. The van der Waals surface area contributed by atoms with Gasteiger partial charge in [-0.2, -0.15) is 0 Å². The molecule has 7 heteroatoms. The lowest BCUT2D eigenvalue weighted by atomic mass is 9.91. The zero-order chi connectivity index (χ0) is 14.4.